The fraction of sp³-hybridized carbons (Fsp3) is 0.476. The summed E-state index contributed by atoms with van der Waals surface area (Å²) < 4.78 is 130. The molecule has 0 spiro atoms. The van der Waals surface area contributed by atoms with Gasteiger partial charge in [0.1, 0.15) is 23.1 Å². The Morgan fingerprint density at radius 1 is 1.05 bits per heavy atom. The summed E-state index contributed by atoms with van der Waals surface area (Å²) in [7, 11) is -5.24. The fourth-order valence-corrected chi connectivity index (χ4v) is 6.06. The van der Waals surface area contributed by atoms with Crippen LogP contribution in [-0.2, 0) is 20.9 Å². The molecule has 1 aliphatic rings. The smallest absolute Gasteiger partial charge is 0.420 e. The summed E-state index contributed by atoms with van der Waals surface area (Å²) in [5, 5.41) is 5.24. The van der Waals surface area contributed by atoms with Gasteiger partial charge in [-0.1, -0.05) is 0 Å². The van der Waals surface area contributed by atoms with Gasteiger partial charge in [0.15, 0.2) is 5.03 Å². The first-order valence-electron chi connectivity index (χ1n) is 11.0. The van der Waals surface area contributed by atoms with E-state index in [1.165, 1.54) is 20.8 Å². The molecule has 0 N–H and O–H groups in total. The van der Waals surface area contributed by atoms with Crippen molar-refractivity contribution in [2.45, 2.75) is 62.6 Å². The normalized spacial score (nSPS) is 17.9. The molecule has 0 saturated carbocycles. The maximum absolute atomic E-state index is 15.3. The number of alkyl halides is 6. The number of fused-ring (bicyclic) bond motifs is 1. The molecule has 0 radical (unpaired) electrons. The van der Waals surface area contributed by atoms with Gasteiger partial charge in [-0.25, -0.2) is 22.2 Å². The second-order valence-electron chi connectivity index (χ2n) is 9.45. The van der Waals surface area contributed by atoms with Gasteiger partial charge in [-0.3, -0.25) is 0 Å². The minimum atomic E-state index is -5.24. The molecule has 38 heavy (non-hydrogen) atoms. The largest absolute Gasteiger partial charge is 0.443 e. The SMILES string of the molecule is CC(C)(C)OC(=O)n1c(S(=O)(=O)N2CCC[C@H]2C(F)(F)F)cc2c(-n3nccn3)c(C(F)(F)F)cc(F)c21. The molecule has 0 unspecified atom stereocenters. The van der Waals surface area contributed by atoms with Crippen LogP contribution in [-0.4, -0.2) is 62.7 Å². The first-order chi connectivity index (χ1) is 17.3. The van der Waals surface area contributed by atoms with Crippen molar-refractivity contribution in [2.75, 3.05) is 6.54 Å². The molecule has 1 atom stereocenters. The standard InChI is InChI=1S/C21H20F7N5O4S/c1-19(2,3)37-18(34)32-15(38(35,36)31-8-4-5-14(31)21(26,27)28)9-11-16(33-29-6-7-30-33)12(20(23,24)25)10-13(22)17(11)32/h6-7,9-10,14H,4-5,8H2,1-3H3/t14-/m0/s1. The van der Waals surface area contributed by atoms with Crippen LogP contribution in [0, 0.1) is 5.82 Å². The topological polar surface area (TPSA) is 99.3 Å². The number of rotatable bonds is 3. The summed E-state index contributed by atoms with van der Waals surface area (Å²) >= 11 is 0. The Bertz CT molecular complexity index is 1490. The molecule has 4 rings (SSSR count). The van der Waals surface area contributed by atoms with Crippen LogP contribution in [0.4, 0.5) is 35.5 Å². The first-order valence-corrected chi connectivity index (χ1v) is 12.4. The Kier molecular flexibility index (Phi) is 6.54. The van der Waals surface area contributed by atoms with Crippen LogP contribution < -0.4 is 0 Å². The van der Waals surface area contributed by atoms with Gasteiger partial charge in [0, 0.05) is 11.9 Å². The third-order valence-corrected chi connectivity index (χ3v) is 7.51. The van der Waals surface area contributed by atoms with Crippen molar-refractivity contribution in [3.63, 3.8) is 0 Å². The lowest BCUT2D eigenvalue weighted by Crippen LogP contribution is -2.45. The van der Waals surface area contributed by atoms with Crippen molar-refractivity contribution in [2.24, 2.45) is 0 Å². The highest BCUT2D eigenvalue weighted by atomic mass is 32.2. The first kappa shape index (κ1) is 27.8. The predicted molar refractivity (Wildman–Crippen MR) is 116 cm³/mol. The van der Waals surface area contributed by atoms with Crippen LogP contribution in [0.3, 0.4) is 0 Å². The zero-order valence-electron chi connectivity index (χ0n) is 19.9. The predicted octanol–water partition coefficient (Wildman–Crippen LogP) is 4.88. The number of hydrogen-bond acceptors (Lipinski definition) is 6. The zero-order valence-corrected chi connectivity index (χ0v) is 20.7. The quantitative estimate of drug-likeness (QED) is 0.416. The van der Waals surface area contributed by atoms with Gasteiger partial charge in [-0.2, -0.15) is 45.6 Å². The van der Waals surface area contributed by atoms with Gasteiger partial charge in [-0.05, 0) is 45.7 Å². The highest BCUT2D eigenvalue weighted by molar-refractivity contribution is 7.89. The molecule has 1 saturated heterocycles. The molecule has 1 aliphatic heterocycles. The zero-order chi connectivity index (χ0) is 28.4. The van der Waals surface area contributed by atoms with E-state index in [-0.39, 0.29) is 21.4 Å². The van der Waals surface area contributed by atoms with Crippen molar-refractivity contribution in [1.29, 1.82) is 0 Å². The number of hydrogen-bond donors (Lipinski definition) is 0. The third kappa shape index (κ3) is 4.83. The highest BCUT2D eigenvalue weighted by Crippen LogP contribution is 2.42. The van der Waals surface area contributed by atoms with Crippen molar-refractivity contribution in [1.82, 2.24) is 23.9 Å². The van der Waals surface area contributed by atoms with E-state index in [1.807, 2.05) is 0 Å². The van der Waals surface area contributed by atoms with E-state index >= 15 is 4.39 Å². The van der Waals surface area contributed by atoms with Crippen LogP contribution in [0.5, 0.6) is 0 Å². The molecule has 3 aromatic rings. The minimum Gasteiger partial charge on any atom is -0.443 e. The summed E-state index contributed by atoms with van der Waals surface area (Å²) in [5.41, 5.74) is -4.82. The maximum atomic E-state index is 15.3. The number of aromatic nitrogens is 4. The van der Waals surface area contributed by atoms with Gasteiger partial charge < -0.3 is 4.74 Å². The number of sulfonamides is 1. The summed E-state index contributed by atoms with van der Waals surface area (Å²) in [6, 6.07) is -1.94. The Morgan fingerprint density at radius 2 is 1.66 bits per heavy atom. The van der Waals surface area contributed by atoms with E-state index in [0.717, 1.165) is 12.4 Å². The molecular weight excluding hydrogens is 551 g/mol. The van der Waals surface area contributed by atoms with Crippen LogP contribution in [0.25, 0.3) is 16.6 Å². The van der Waals surface area contributed by atoms with Gasteiger partial charge >= 0.3 is 18.4 Å². The fourth-order valence-electron chi connectivity index (χ4n) is 4.23. The van der Waals surface area contributed by atoms with Gasteiger partial charge in [-0.15, -0.1) is 0 Å². The lowest BCUT2D eigenvalue weighted by molar-refractivity contribution is -0.165. The number of nitrogens with zero attached hydrogens (tertiary/aromatic N) is 5. The average Bonchev–Trinajstić information content (AvgIpc) is 3.49. The Labute approximate surface area is 210 Å². The summed E-state index contributed by atoms with van der Waals surface area (Å²) in [5.74, 6) is -1.68. The van der Waals surface area contributed by atoms with Gasteiger partial charge in [0.05, 0.1) is 23.5 Å². The minimum absolute atomic E-state index is 0.0205. The van der Waals surface area contributed by atoms with E-state index in [2.05, 4.69) is 10.2 Å². The summed E-state index contributed by atoms with van der Waals surface area (Å²) in [6.07, 6.45) is -10.5. The second kappa shape index (κ2) is 8.93. The summed E-state index contributed by atoms with van der Waals surface area (Å²) in [4.78, 5) is 13.6. The Morgan fingerprint density at radius 3 is 2.18 bits per heavy atom. The highest BCUT2D eigenvalue weighted by Gasteiger charge is 2.52. The van der Waals surface area contributed by atoms with Crippen molar-refractivity contribution in [3.8, 4) is 5.69 Å². The van der Waals surface area contributed by atoms with E-state index in [4.69, 9.17) is 4.74 Å². The molecule has 208 valence electrons. The lowest BCUT2D eigenvalue weighted by atomic mass is 10.1. The Hall–Kier alpha value is -3.21. The van der Waals surface area contributed by atoms with Crippen LogP contribution in [0.2, 0.25) is 0 Å². The number of carbonyl (C=O) groups is 1. The van der Waals surface area contributed by atoms with E-state index in [1.54, 1.807) is 0 Å². The number of halogens is 7. The van der Waals surface area contributed by atoms with Gasteiger partial charge in [0.25, 0.3) is 10.0 Å². The van der Waals surface area contributed by atoms with Crippen LogP contribution in [0.15, 0.2) is 29.6 Å². The van der Waals surface area contributed by atoms with Crippen LogP contribution in [0.1, 0.15) is 39.2 Å². The molecule has 17 heteroatoms. The van der Waals surface area contributed by atoms with E-state index in [9.17, 15) is 39.6 Å². The monoisotopic (exact) mass is 571 g/mol. The van der Waals surface area contributed by atoms with Crippen molar-refractivity contribution in [3.05, 3.63) is 35.9 Å². The molecule has 3 heterocycles. The van der Waals surface area contributed by atoms with E-state index in [0.29, 0.717) is 10.9 Å². The molecule has 0 bridgehead atoms. The lowest BCUT2D eigenvalue weighted by Gasteiger charge is -2.26. The van der Waals surface area contributed by atoms with Gasteiger partial charge in [0.2, 0.25) is 0 Å². The average molecular weight is 571 g/mol. The molecule has 0 amide bonds. The molecule has 0 aliphatic carbocycles. The Balaban J connectivity index is 2.12. The van der Waals surface area contributed by atoms with E-state index < -0.39 is 86.1 Å². The molecule has 2 aromatic heterocycles. The molecular formula is C21H20F7N5O4S. The number of benzene rings is 1. The molecule has 1 fully saturated rings. The molecule has 9 nitrogen and oxygen atoms in total. The number of ether oxygens (including phenoxy) is 1. The molecule has 1 aromatic carbocycles. The number of carbonyl (C=O) groups excluding carboxylic acids is 1. The van der Waals surface area contributed by atoms with Crippen molar-refractivity contribution < 1.29 is 48.7 Å². The second-order valence-corrected chi connectivity index (χ2v) is 11.3. The van der Waals surface area contributed by atoms with Crippen LogP contribution >= 0.6 is 0 Å². The van der Waals surface area contributed by atoms with Crippen molar-refractivity contribution >= 4 is 27.0 Å². The third-order valence-electron chi connectivity index (χ3n) is 5.63. The summed E-state index contributed by atoms with van der Waals surface area (Å²) in [6.45, 7) is 3.54. The maximum Gasteiger partial charge on any atom is 0.420 e.